The molecule has 0 aliphatic carbocycles. The summed E-state index contributed by atoms with van der Waals surface area (Å²) in [5.74, 6) is 0. The molecule has 0 aliphatic heterocycles. The van der Waals surface area contributed by atoms with E-state index in [2.05, 4.69) is 44.6 Å². The van der Waals surface area contributed by atoms with E-state index in [9.17, 15) is 0 Å². The van der Waals surface area contributed by atoms with Crippen molar-refractivity contribution >= 4 is 72.1 Å². The predicted octanol–water partition coefficient (Wildman–Crippen LogP) is 5.61. The van der Waals surface area contributed by atoms with E-state index in [1.54, 1.807) is 0 Å². The number of hydrogen-bond acceptors (Lipinski definition) is 1. The van der Waals surface area contributed by atoms with Gasteiger partial charge in [0.25, 0.3) is 0 Å². The molecule has 0 radical (unpaired) electrons. The standard InChI is InChI=1S/C12H5BrClIO/c13-6-3-9(15)12-8-2-1-7(14)5-10(8)16-11(12)4-6/h1-5H. The number of rotatable bonds is 0. The van der Waals surface area contributed by atoms with Gasteiger partial charge < -0.3 is 4.42 Å². The van der Waals surface area contributed by atoms with Crippen molar-refractivity contribution in [2.75, 3.05) is 0 Å². The second kappa shape index (κ2) is 3.89. The SMILES string of the molecule is Clc1ccc2c(c1)oc1cc(Br)cc(I)c12. The first-order valence-corrected chi connectivity index (χ1v) is 6.87. The third kappa shape index (κ3) is 1.65. The van der Waals surface area contributed by atoms with Crippen LogP contribution in [0.15, 0.2) is 39.2 Å². The summed E-state index contributed by atoms with van der Waals surface area (Å²) in [5.41, 5.74) is 1.72. The molecule has 1 aromatic heterocycles. The van der Waals surface area contributed by atoms with Crippen molar-refractivity contribution in [2.45, 2.75) is 0 Å². The van der Waals surface area contributed by atoms with Crippen LogP contribution in [-0.2, 0) is 0 Å². The summed E-state index contributed by atoms with van der Waals surface area (Å²) in [5, 5.41) is 2.95. The van der Waals surface area contributed by atoms with Gasteiger partial charge in [0.1, 0.15) is 11.2 Å². The van der Waals surface area contributed by atoms with E-state index in [4.69, 9.17) is 16.0 Å². The van der Waals surface area contributed by atoms with Crippen LogP contribution in [0.1, 0.15) is 0 Å². The first kappa shape index (κ1) is 10.9. The lowest BCUT2D eigenvalue weighted by atomic mass is 10.1. The van der Waals surface area contributed by atoms with Crippen LogP contribution in [0.5, 0.6) is 0 Å². The number of benzene rings is 2. The molecule has 1 heterocycles. The summed E-state index contributed by atoms with van der Waals surface area (Å²) in [4.78, 5) is 0. The maximum Gasteiger partial charge on any atom is 0.137 e. The van der Waals surface area contributed by atoms with Crippen LogP contribution < -0.4 is 0 Å². The van der Waals surface area contributed by atoms with Crippen LogP contribution in [0.4, 0.5) is 0 Å². The number of halogens is 3. The minimum Gasteiger partial charge on any atom is -0.456 e. The molecule has 16 heavy (non-hydrogen) atoms. The summed E-state index contributed by atoms with van der Waals surface area (Å²) in [6.45, 7) is 0. The van der Waals surface area contributed by atoms with Gasteiger partial charge in [-0.05, 0) is 46.9 Å². The predicted molar refractivity (Wildman–Crippen MR) is 79.1 cm³/mol. The average molecular weight is 407 g/mol. The molecule has 0 amide bonds. The van der Waals surface area contributed by atoms with Gasteiger partial charge in [-0.1, -0.05) is 27.5 Å². The van der Waals surface area contributed by atoms with E-state index in [0.29, 0.717) is 5.02 Å². The van der Waals surface area contributed by atoms with Crippen LogP contribution in [0, 0.1) is 3.57 Å². The highest BCUT2D eigenvalue weighted by Crippen LogP contribution is 2.35. The molecule has 0 saturated heterocycles. The molecule has 1 nitrogen and oxygen atoms in total. The smallest absolute Gasteiger partial charge is 0.137 e. The van der Waals surface area contributed by atoms with Crippen LogP contribution in [-0.4, -0.2) is 0 Å². The molecule has 0 aliphatic rings. The third-order valence-corrected chi connectivity index (χ3v) is 4.00. The van der Waals surface area contributed by atoms with Crippen molar-refractivity contribution in [2.24, 2.45) is 0 Å². The maximum atomic E-state index is 5.95. The monoisotopic (exact) mass is 406 g/mol. The van der Waals surface area contributed by atoms with E-state index in [1.807, 2.05) is 24.3 Å². The maximum absolute atomic E-state index is 5.95. The Bertz CT molecular complexity index is 705. The Labute approximate surface area is 119 Å². The van der Waals surface area contributed by atoms with Crippen LogP contribution in [0.25, 0.3) is 21.9 Å². The molecule has 0 saturated carbocycles. The zero-order valence-corrected chi connectivity index (χ0v) is 12.4. The van der Waals surface area contributed by atoms with E-state index >= 15 is 0 Å². The molecule has 0 fully saturated rings. The Balaban J connectivity index is 2.56. The topological polar surface area (TPSA) is 13.1 Å². The molecule has 0 bridgehead atoms. The second-order valence-corrected chi connectivity index (χ2v) is 6.02. The first-order valence-electron chi connectivity index (χ1n) is 4.62. The van der Waals surface area contributed by atoms with Gasteiger partial charge in [0, 0.05) is 29.9 Å². The van der Waals surface area contributed by atoms with Crippen molar-refractivity contribution in [3.8, 4) is 0 Å². The van der Waals surface area contributed by atoms with Gasteiger partial charge in [0.05, 0.1) is 0 Å². The molecule has 0 unspecified atom stereocenters. The van der Waals surface area contributed by atoms with Crippen molar-refractivity contribution in [1.29, 1.82) is 0 Å². The first-order chi connectivity index (χ1) is 7.65. The molecular formula is C12H5BrClIO. The summed E-state index contributed by atoms with van der Waals surface area (Å²) in [6.07, 6.45) is 0. The average Bonchev–Trinajstić information content (AvgIpc) is 2.54. The fourth-order valence-electron chi connectivity index (χ4n) is 1.80. The second-order valence-electron chi connectivity index (χ2n) is 3.50. The lowest BCUT2D eigenvalue weighted by Gasteiger charge is -1.95. The van der Waals surface area contributed by atoms with Gasteiger partial charge in [-0.15, -0.1) is 0 Å². The van der Waals surface area contributed by atoms with Crippen molar-refractivity contribution in [3.05, 3.63) is 43.4 Å². The zero-order chi connectivity index (χ0) is 11.3. The van der Waals surface area contributed by atoms with Gasteiger partial charge in [0.15, 0.2) is 0 Å². The Kier molecular flexibility index (Phi) is 2.64. The molecule has 0 spiro atoms. The Morgan fingerprint density at radius 1 is 1.12 bits per heavy atom. The van der Waals surface area contributed by atoms with E-state index in [0.717, 1.165) is 26.4 Å². The Morgan fingerprint density at radius 2 is 1.94 bits per heavy atom. The van der Waals surface area contributed by atoms with Crippen molar-refractivity contribution in [1.82, 2.24) is 0 Å². The van der Waals surface area contributed by atoms with E-state index in [-0.39, 0.29) is 0 Å². The van der Waals surface area contributed by atoms with Crippen LogP contribution in [0.3, 0.4) is 0 Å². The van der Waals surface area contributed by atoms with Gasteiger partial charge in [0.2, 0.25) is 0 Å². The number of hydrogen-bond donors (Lipinski definition) is 0. The quantitative estimate of drug-likeness (QED) is 0.442. The summed E-state index contributed by atoms with van der Waals surface area (Å²) in [7, 11) is 0. The largest absolute Gasteiger partial charge is 0.456 e. The molecule has 0 atom stereocenters. The molecule has 3 aromatic rings. The molecule has 4 heteroatoms. The third-order valence-electron chi connectivity index (χ3n) is 2.45. The Hall–Kier alpha value is -0.260. The van der Waals surface area contributed by atoms with Crippen LogP contribution >= 0.6 is 50.1 Å². The number of fused-ring (bicyclic) bond motifs is 3. The van der Waals surface area contributed by atoms with Gasteiger partial charge in [-0.25, -0.2) is 0 Å². The summed E-state index contributed by atoms with van der Waals surface area (Å²) >= 11 is 11.7. The molecule has 0 N–H and O–H groups in total. The van der Waals surface area contributed by atoms with Gasteiger partial charge in [-0.3, -0.25) is 0 Å². The molecule has 80 valence electrons. The highest BCUT2D eigenvalue weighted by atomic mass is 127. The summed E-state index contributed by atoms with van der Waals surface area (Å²) < 4.78 is 7.97. The Morgan fingerprint density at radius 3 is 2.75 bits per heavy atom. The lowest BCUT2D eigenvalue weighted by molar-refractivity contribution is 0.668. The fraction of sp³-hybridized carbons (Fsp3) is 0. The van der Waals surface area contributed by atoms with Gasteiger partial charge in [-0.2, -0.15) is 0 Å². The minimum atomic E-state index is 0.695. The highest BCUT2D eigenvalue weighted by Gasteiger charge is 2.10. The molecular weight excluding hydrogens is 402 g/mol. The van der Waals surface area contributed by atoms with Crippen molar-refractivity contribution < 1.29 is 4.42 Å². The van der Waals surface area contributed by atoms with Gasteiger partial charge >= 0.3 is 0 Å². The molecule has 3 rings (SSSR count). The summed E-state index contributed by atoms with van der Waals surface area (Å²) in [6, 6.07) is 9.79. The zero-order valence-electron chi connectivity index (χ0n) is 7.93. The van der Waals surface area contributed by atoms with Crippen LogP contribution in [0.2, 0.25) is 5.02 Å². The molecule has 2 aromatic carbocycles. The van der Waals surface area contributed by atoms with Crippen molar-refractivity contribution in [3.63, 3.8) is 0 Å². The lowest BCUT2D eigenvalue weighted by Crippen LogP contribution is -1.74. The fourth-order valence-corrected chi connectivity index (χ4v) is 3.72. The normalized spacial score (nSPS) is 11.4. The number of furan rings is 1. The van der Waals surface area contributed by atoms with E-state index in [1.165, 1.54) is 3.57 Å². The minimum absolute atomic E-state index is 0.695. The highest BCUT2D eigenvalue weighted by molar-refractivity contribution is 14.1. The van der Waals surface area contributed by atoms with E-state index < -0.39 is 0 Å².